The number of benzene rings is 1. The van der Waals surface area contributed by atoms with Crippen LogP contribution in [0.15, 0.2) is 53.7 Å². The molecule has 0 aliphatic carbocycles. The Kier molecular flexibility index (Phi) is 6.41. The predicted octanol–water partition coefficient (Wildman–Crippen LogP) is 0.951. The van der Waals surface area contributed by atoms with Crippen LogP contribution in [0, 0.1) is 12.3 Å². The quantitative estimate of drug-likeness (QED) is 0.733. The third-order valence-corrected chi connectivity index (χ3v) is 5.98. The van der Waals surface area contributed by atoms with Crippen molar-refractivity contribution >= 4 is 15.9 Å². The summed E-state index contributed by atoms with van der Waals surface area (Å²) in [5.41, 5.74) is 1.62. The second-order valence-corrected chi connectivity index (χ2v) is 8.25. The summed E-state index contributed by atoms with van der Waals surface area (Å²) in [7, 11) is -3.66. The molecule has 2 heterocycles. The molecule has 1 aromatic heterocycles. The van der Waals surface area contributed by atoms with E-state index in [1.165, 1.54) is 24.3 Å². The zero-order chi connectivity index (χ0) is 20.0. The fraction of sp³-hybridized carbons (Fsp3) is 0.300. The van der Waals surface area contributed by atoms with Gasteiger partial charge in [0.2, 0.25) is 10.0 Å². The van der Waals surface area contributed by atoms with E-state index in [0.717, 1.165) is 25.2 Å². The Balaban J connectivity index is 1.57. The van der Waals surface area contributed by atoms with Crippen molar-refractivity contribution in [1.29, 1.82) is 0 Å². The maximum Gasteiger partial charge on any atom is 0.253 e. The number of hydrogen-bond acceptors (Lipinski definition) is 5. The lowest BCUT2D eigenvalue weighted by Gasteiger charge is -2.34. The number of nitrogens with one attached hydrogen (secondary N) is 1. The molecule has 0 spiro atoms. The standard InChI is InChI=1S/C20H22N4O3S/c1-2-9-22-28(26,27)19-7-5-18(6-8-19)20(25)24-13-11-23(12-14-24)16-17-4-3-10-21-15-17/h1,3-8,10,15,22H,9,11-14,16H2. The van der Waals surface area contributed by atoms with Gasteiger partial charge in [0.15, 0.2) is 0 Å². The number of piperazine rings is 1. The minimum Gasteiger partial charge on any atom is -0.336 e. The van der Waals surface area contributed by atoms with Crippen molar-refractivity contribution < 1.29 is 13.2 Å². The van der Waals surface area contributed by atoms with E-state index >= 15 is 0 Å². The van der Waals surface area contributed by atoms with E-state index in [1.807, 2.05) is 18.3 Å². The molecule has 2 aromatic rings. The van der Waals surface area contributed by atoms with Gasteiger partial charge in [-0.15, -0.1) is 6.42 Å². The second-order valence-electron chi connectivity index (χ2n) is 6.48. The van der Waals surface area contributed by atoms with E-state index < -0.39 is 10.0 Å². The smallest absolute Gasteiger partial charge is 0.253 e. The molecule has 7 nitrogen and oxygen atoms in total. The highest BCUT2D eigenvalue weighted by molar-refractivity contribution is 7.89. The number of hydrogen-bond donors (Lipinski definition) is 1. The number of carbonyl (C=O) groups is 1. The highest BCUT2D eigenvalue weighted by Crippen LogP contribution is 2.14. The molecule has 0 radical (unpaired) electrons. The molecular weight excluding hydrogens is 376 g/mol. The lowest BCUT2D eigenvalue weighted by atomic mass is 10.1. The molecule has 3 rings (SSSR count). The zero-order valence-corrected chi connectivity index (χ0v) is 16.2. The highest BCUT2D eigenvalue weighted by atomic mass is 32.2. The Labute approximate surface area is 165 Å². The van der Waals surface area contributed by atoms with E-state index in [4.69, 9.17) is 6.42 Å². The lowest BCUT2D eigenvalue weighted by Crippen LogP contribution is -2.48. The van der Waals surface area contributed by atoms with Gasteiger partial charge in [0.25, 0.3) is 5.91 Å². The van der Waals surface area contributed by atoms with Crippen LogP contribution in [0.3, 0.4) is 0 Å². The van der Waals surface area contributed by atoms with Gasteiger partial charge in [-0.2, -0.15) is 4.72 Å². The molecule has 1 aromatic carbocycles. The molecule has 1 amide bonds. The summed E-state index contributed by atoms with van der Waals surface area (Å²) in [5.74, 6) is 2.13. The van der Waals surface area contributed by atoms with Gasteiger partial charge >= 0.3 is 0 Å². The normalized spacial score (nSPS) is 15.2. The largest absolute Gasteiger partial charge is 0.336 e. The van der Waals surface area contributed by atoms with Gasteiger partial charge in [-0.05, 0) is 35.9 Å². The van der Waals surface area contributed by atoms with Gasteiger partial charge in [0.05, 0.1) is 11.4 Å². The van der Waals surface area contributed by atoms with Crippen molar-refractivity contribution in [3.8, 4) is 12.3 Å². The number of amides is 1. The number of carbonyl (C=O) groups excluding carboxylic acids is 1. The van der Waals surface area contributed by atoms with E-state index in [2.05, 4.69) is 20.5 Å². The van der Waals surface area contributed by atoms with Gasteiger partial charge < -0.3 is 4.90 Å². The zero-order valence-electron chi connectivity index (χ0n) is 15.4. The second kappa shape index (κ2) is 8.97. The molecule has 1 N–H and O–H groups in total. The Hall–Kier alpha value is -2.73. The van der Waals surface area contributed by atoms with Crippen LogP contribution in [0.4, 0.5) is 0 Å². The molecule has 146 valence electrons. The lowest BCUT2D eigenvalue weighted by molar-refractivity contribution is 0.0628. The van der Waals surface area contributed by atoms with Crippen LogP contribution in [-0.2, 0) is 16.6 Å². The summed E-state index contributed by atoms with van der Waals surface area (Å²) in [6.07, 6.45) is 8.68. The first-order chi connectivity index (χ1) is 13.5. The molecule has 8 heteroatoms. The van der Waals surface area contributed by atoms with Crippen LogP contribution < -0.4 is 4.72 Å². The Morgan fingerprint density at radius 2 is 1.86 bits per heavy atom. The highest BCUT2D eigenvalue weighted by Gasteiger charge is 2.23. The third-order valence-electron chi connectivity index (χ3n) is 4.56. The van der Waals surface area contributed by atoms with Crippen molar-refractivity contribution in [3.63, 3.8) is 0 Å². The fourth-order valence-electron chi connectivity index (χ4n) is 3.04. The topological polar surface area (TPSA) is 82.6 Å². The first-order valence-corrected chi connectivity index (χ1v) is 10.4. The van der Waals surface area contributed by atoms with Crippen LogP contribution in [0.2, 0.25) is 0 Å². The molecule has 0 atom stereocenters. The number of aromatic nitrogens is 1. The fourth-order valence-corrected chi connectivity index (χ4v) is 3.97. The van der Waals surface area contributed by atoms with Crippen molar-refractivity contribution in [1.82, 2.24) is 19.5 Å². The molecule has 1 saturated heterocycles. The monoisotopic (exact) mass is 398 g/mol. The summed E-state index contributed by atoms with van der Waals surface area (Å²) in [4.78, 5) is 21.0. The molecule has 28 heavy (non-hydrogen) atoms. The van der Waals surface area contributed by atoms with Crippen LogP contribution in [0.25, 0.3) is 0 Å². The van der Waals surface area contributed by atoms with Crippen molar-refractivity contribution in [2.75, 3.05) is 32.7 Å². The number of pyridine rings is 1. The average Bonchev–Trinajstić information content (AvgIpc) is 2.73. The van der Waals surface area contributed by atoms with Gasteiger partial charge in [-0.25, -0.2) is 8.42 Å². The first kappa shape index (κ1) is 20.0. The van der Waals surface area contributed by atoms with Crippen molar-refractivity contribution in [2.24, 2.45) is 0 Å². The van der Waals surface area contributed by atoms with E-state index in [0.29, 0.717) is 18.7 Å². The molecule has 0 saturated carbocycles. The van der Waals surface area contributed by atoms with Gasteiger partial charge in [0, 0.05) is 50.7 Å². The summed E-state index contributed by atoms with van der Waals surface area (Å²) in [5, 5.41) is 0. The van der Waals surface area contributed by atoms with Crippen LogP contribution in [0.5, 0.6) is 0 Å². The minimum absolute atomic E-state index is 0.0770. The molecule has 0 bridgehead atoms. The maximum absolute atomic E-state index is 12.7. The SMILES string of the molecule is C#CCNS(=O)(=O)c1ccc(C(=O)N2CCN(Cc3cccnc3)CC2)cc1. The Bertz CT molecular complexity index is 945. The van der Waals surface area contributed by atoms with Crippen LogP contribution >= 0.6 is 0 Å². The summed E-state index contributed by atoms with van der Waals surface area (Å²) < 4.78 is 26.4. The van der Waals surface area contributed by atoms with E-state index in [9.17, 15) is 13.2 Å². The van der Waals surface area contributed by atoms with Crippen molar-refractivity contribution in [3.05, 3.63) is 59.9 Å². The molecule has 1 aliphatic rings. The average molecular weight is 398 g/mol. The van der Waals surface area contributed by atoms with Gasteiger partial charge in [-0.3, -0.25) is 14.7 Å². The first-order valence-electron chi connectivity index (χ1n) is 8.93. The van der Waals surface area contributed by atoms with Crippen molar-refractivity contribution in [2.45, 2.75) is 11.4 Å². The molecule has 1 aliphatic heterocycles. The number of terminal acetylenes is 1. The number of nitrogens with zero attached hydrogens (tertiary/aromatic N) is 3. The summed E-state index contributed by atoms with van der Waals surface area (Å²) in [6, 6.07) is 9.87. The van der Waals surface area contributed by atoms with Gasteiger partial charge in [-0.1, -0.05) is 12.0 Å². The number of sulfonamides is 1. The Morgan fingerprint density at radius 3 is 2.46 bits per heavy atom. The van der Waals surface area contributed by atoms with Crippen LogP contribution in [-0.4, -0.2) is 61.8 Å². The van der Waals surface area contributed by atoms with E-state index in [1.54, 1.807) is 11.1 Å². The van der Waals surface area contributed by atoms with Crippen LogP contribution in [0.1, 0.15) is 15.9 Å². The number of rotatable bonds is 6. The molecular formula is C20H22N4O3S. The summed E-state index contributed by atoms with van der Waals surface area (Å²) >= 11 is 0. The third kappa shape index (κ3) is 4.95. The predicted molar refractivity (Wildman–Crippen MR) is 106 cm³/mol. The van der Waals surface area contributed by atoms with Gasteiger partial charge in [0.1, 0.15) is 0 Å². The summed E-state index contributed by atoms with van der Waals surface area (Å²) in [6.45, 7) is 3.55. The minimum atomic E-state index is -3.66. The van der Waals surface area contributed by atoms with E-state index in [-0.39, 0.29) is 17.3 Å². The molecule has 1 fully saturated rings. The molecule has 0 unspecified atom stereocenters. The Morgan fingerprint density at radius 1 is 1.14 bits per heavy atom. The maximum atomic E-state index is 12.7.